The fraction of sp³-hybridized carbons (Fsp3) is 0.594. The number of carbonyl (C=O) groups is 3. The van der Waals surface area contributed by atoms with Gasteiger partial charge in [-0.05, 0) is 82.9 Å². The van der Waals surface area contributed by atoms with Crippen molar-refractivity contribution in [2.45, 2.75) is 91.1 Å². The molecule has 0 aliphatic carbocycles. The molecular formula is C32H50N6O6Si. The first-order chi connectivity index (χ1) is 20.7. The number of amides is 4. The molecule has 4 amide bonds. The van der Waals surface area contributed by atoms with Gasteiger partial charge in [0.1, 0.15) is 17.0 Å². The number of aromatic nitrogens is 2. The van der Waals surface area contributed by atoms with Crippen LogP contribution in [-0.4, -0.2) is 89.6 Å². The minimum absolute atomic E-state index is 0.137. The number of rotatable bonds is 8. The Morgan fingerprint density at radius 1 is 0.933 bits per heavy atom. The van der Waals surface area contributed by atoms with Gasteiger partial charge in [0.25, 0.3) is 0 Å². The standard InChI is InChI=1S/C32H50N6O6Si/c1-30(2,3)44-29(42)35-32(7,8)26(39)36-17-19-37(20-18-36)27(40)33-25-14-16-38(28(41)34-25)24-13-11-12-23(22-24)15-21-43-45(9,10)31(4,5)6/h11-14,16,22H,15,17-21H2,1-10H3,(H,35,42)(H,33,34,40,41). The van der Waals surface area contributed by atoms with Crippen LogP contribution in [0, 0.1) is 0 Å². The molecule has 45 heavy (non-hydrogen) atoms. The predicted octanol–water partition coefficient (Wildman–Crippen LogP) is 4.78. The lowest BCUT2D eigenvalue weighted by Gasteiger charge is -2.38. The molecule has 2 heterocycles. The Morgan fingerprint density at radius 3 is 2.13 bits per heavy atom. The lowest BCUT2D eigenvalue weighted by molar-refractivity contribution is -0.138. The number of anilines is 1. The normalized spacial score (nSPS) is 14.6. The zero-order valence-electron chi connectivity index (χ0n) is 28.4. The molecule has 0 atom stereocenters. The molecule has 1 aromatic carbocycles. The van der Waals surface area contributed by atoms with E-state index in [0.29, 0.717) is 12.3 Å². The SMILES string of the molecule is CC(C)(C)OC(=O)NC(C)(C)C(=O)N1CCN(C(=O)Nc2ccn(-c3cccc(CCO[Si](C)(C)C(C)(C)C)c3)c(=O)n2)CC1. The maximum Gasteiger partial charge on any atom is 0.408 e. The third-order valence-corrected chi connectivity index (χ3v) is 12.6. The Labute approximate surface area is 267 Å². The van der Waals surface area contributed by atoms with Gasteiger partial charge in [0.2, 0.25) is 5.91 Å². The van der Waals surface area contributed by atoms with Gasteiger partial charge in [-0.3, -0.25) is 14.7 Å². The van der Waals surface area contributed by atoms with E-state index in [1.807, 2.05) is 24.3 Å². The molecule has 2 aromatic rings. The van der Waals surface area contributed by atoms with E-state index in [9.17, 15) is 19.2 Å². The average Bonchev–Trinajstić information content (AvgIpc) is 2.91. The number of ether oxygens (including phenoxy) is 1. The molecule has 1 fully saturated rings. The van der Waals surface area contributed by atoms with Crippen LogP contribution >= 0.6 is 0 Å². The first-order valence-electron chi connectivity index (χ1n) is 15.4. The number of nitrogens with one attached hydrogen (secondary N) is 2. The molecule has 3 rings (SSSR count). The third-order valence-electron chi connectivity index (χ3n) is 8.09. The summed E-state index contributed by atoms with van der Waals surface area (Å²) >= 11 is 0. The van der Waals surface area contributed by atoms with E-state index >= 15 is 0 Å². The monoisotopic (exact) mass is 642 g/mol. The number of hydrogen-bond acceptors (Lipinski definition) is 7. The molecule has 248 valence electrons. The van der Waals surface area contributed by atoms with Gasteiger partial charge in [-0.25, -0.2) is 14.4 Å². The highest BCUT2D eigenvalue weighted by molar-refractivity contribution is 6.74. The van der Waals surface area contributed by atoms with Crippen molar-refractivity contribution >= 4 is 32.2 Å². The zero-order chi connectivity index (χ0) is 33.8. The van der Waals surface area contributed by atoms with Crippen molar-refractivity contribution in [1.29, 1.82) is 0 Å². The Bertz CT molecular complexity index is 1430. The number of piperazine rings is 1. The average molecular weight is 643 g/mol. The Morgan fingerprint density at radius 2 is 1.56 bits per heavy atom. The highest BCUT2D eigenvalue weighted by Crippen LogP contribution is 2.36. The van der Waals surface area contributed by atoms with Crippen LogP contribution in [0.4, 0.5) is 15.4 Å². The number of benzene rings is 1. The molecule has 12 nitrogen and oxygen atoms in total. The first kappa shape index (κ1) is 35.8. The van der Waals surface area contributed by atoms with Gasteiger partial charge in [-0.15, -0.1) is 0 Å². The molecule has 2 N–H and O–H groups in total. The fourth-order valence-electron chi connectivity index (χ4n) is 4.48. The third kappa shape index (κ3) is 9.89. The molecule has 0 bridgehead atoms. The van der Waals surface area contributed by atoms with Crippen LogP contribution in [0.3, 0.4) is 0 Å². The largest absolute Gasteiger partial charge is 0.444 e. The van der Waals surface area contributed by atoms with Crippen molar-refractivity contribution in [2.24, 2.45) is 0 Å². The van der Waals surface area contributed by atoms with E-state index in [2.05, 4.69) is 49.5 Å². The molecule has 1 aliphatic rings. The highest BCUT2D eigenvalue weighted by Gasteiger charge is 2.38. The molecule has 1 aliphatic heterocycles. The smallest absolute Gasteiger partial charge is 0.408 e. The maximum absolute atomic E-state index is 13.1. The summed E-state index contributed by atoms with van der Waals surface area (Å²) in [7, 11) is -1.84. The van der Waals surface area contributed by atoms with Crippen molar-refractivity contribution in [3.63, 3.8) is 0 Å². The van der Waals surface area contributed by atoms with Gasteiger partial charge in [0.15, 0.2) is 8.32 Å². The molecular weight excluding hydrogens is 592 g/mol. The van der Waals surface area contributed by atoms with Gasteiger partial charge in [-0.1, -0.05) is 32.9 Å². The minimum Gasteiger partial charge on any atom is -0.444 e. The lowest BCUT2D eigenvalue weighted by atomic mass is 10.0. The summed E-state index contributed by atoms with van der Waals surface area (Å²) in [6, 6.07) is 8.86. The maximum atomic E-state index is 13.1. The summed E-state index contributed by atoms with van der Waals surface area (Å²) in [4.78, 5) is 58.4. The summed E-state index contributed by atoms with van der Waals surface area (Å²) in [5.41, 5.74) is -0.651. The molecule has 1 aromatic heterocycles. The summed E-state index contributed by atoms with van der Waals surface area (Å²) < 4.78 is 13.0. The number of urea groups is 1. The van der Waals surface area contributed by atoms with Crippen LogP contribution in [-0.2, 0) is 20.4 Å². The van der Waals surface area contributed by atoms with Crippen LogP contribution in [0.2, 0.25) is 18.1 Å². The highest BCUT2D eigenvalue weighted by atomic mass is 28.4. The number of carbonyl (C=O) groups excluding carboxylic acids is 3. The van der Waals surface area contributed by atoms with E-state index in [-0.39, 0.29) is 42.9 Å². The number of alkyl carbamates (subject to hydrolysis) is 1. The Balaban J connectivity index is 1.55. The van der Waals surface area contributed by atoms with Gasteiger partial charge < -0.3 is 24.3 Å². The van der Waals surface area contributed by atoms with E-state index in [1.54, 1.807) is 56.7 Å². The fourth-order valence-corrected chi connectivity index (χ4v) is 5.53. The minimum atomic E-state index is -1.84. The summed E-state index contributed by atoms with van der Waals surface area (Å²) in [6.07, 6.45) is 1.65. The predicted molar refractivity (Wildman–Crippen MR) is 177 cm³/mol. The topological polar surface area (TPSA) is 135 Å². The van der Waals surface area contributed by atoms with E-state index in [4.69, 9.17) is 9.16 Å². The van der Waals surface area contributed by atoms with Crippen molar-refractivity contribution in [1.82, 2.24) is 24.7 Å². The second kappa shape index (κ2) is 13.7. The Hall–Kier alpha value is -3.71. The summed E-state index contributed by atoms with van der Waals surface area (Å²) in [6.45, 7) is 21.3. The molecule has 13 heteroatoms. The summed E-state index contributed by atoms with van der Waals surface area (Å²) in [5, 5.41) is 5.46. The van der Waals surface area contributed by atoms with E-state index in [1.165, 1.54) is 4.57 Å². The lowest BCUT2D eigenvalue weighted by Crippen LogP contribution is -2.60. The molecule has 0 radical (unpaired) electrons. The van der Waals surface area contributed by atoms with Crippen molar-refractivity contribution in [2.75, 3.05) is 38.1 Å². The van der Waals surface area contributed by atoms with Crippen molar-refractivity contribution in [3.05, 3.63) is 52.6 Å². The molecule has 0 spiro atoms. The number of nitrogens with zero attached hydrogens (tertiary/aromatic N) is 4. The quantitative estimate of drug-likeness (QED) is 0.396. The Kier molecular flexibility index (Phi) is 10.9. The van der Waals surface area contributed by atoms with Gasteiger partial charge >= 0.3 is 17.8 Å². The van der Waals surface area contributed by atoms with Crippen LogP contribution < -0.4 is 16.3 Å². The van der Waals surface area contributed by atoms with Gasteiger partial charge in [-0.2, -0.15) is 4.98 Å². The van der Waals surface area contributed by atoms with Crippen molar-refractivity contribution < 1.29 is 23.5 Å². The molecule has 0 saturated carbocycles. The summed E-state index contributed by atoms with van der Waals surface area (Å²) in [5.74, 6) is -0.132. The molecule has 0 unspecified atom stereocenters. The van der Waals surface area contributed by atoms with Crippen LogP contribution in [0.25, 0.3) is 5.69 Å². The van der Waals surface area contributed by atoms with Crippen molar-refractivity contribution in [3.8, 4) is 5.69 Å². The van der Waals surface area contributed by atoms with Crippen LogP contribution in [0.1, 0.15) is 61.0 Å². The second-order valence-electron chi connectivity index (χ2n) is 14.5. The zero-order valence-corrected chi connectivity index (χ0v) is 29.4. The van der Waals surface area contributed by atoms with E-state index in [0.717, 1.165) is 12.0 Å². The van der Waals surface area contributed by atoms with Crippen LogP contribution in [0.5, 0.6) is 0 Å². The first-order valence-corrected chi connectivity index (χ1v) is 18.3. The van der Waals surface area contributed by atoms with Gasteiger partial charge in [0, 0.05) is 39.0 Å². The molecule has 1 saturated heterocycles. The van der Waals surface area contributed by atoms with Crippen LogP contribution in [0.15, 0.2) is 41.3 Å². The van der Waals surface area contributed by atoms with E-state index < -0.39 is 37.3 Å². The second-order valence-corrected chi connectivity index (χ2v) is 19.3. The van der Waals surface area contributed by atoms with Gasteiger partial charge in [0.05, 0.1) is 5.69 Å². The number of hydrogen-bond donors (Lipinski definition) is 2.